The summed E-state index contributed by atoms with van der Waals surface area (Å²) in [6, 6.07) is 0.829. The van der Waals surface area contributed by atoms with Crippen molar-refractivity contribution in [2.75, 3.05) is 7.05 Å². The molecule has 0 aromatic heterocycles. The minimum absolute atomic E-state index is 0.260. The van der Waals surface area contributed by atoms with Gasteiger partial charge in [-0.25, -0.2) is 0 Å². The van der Waals surface area contributed by atoms with Gasteiger partial charge < -0.3 is 10.0 Å². The summed E-state index contributed by atoms with van der Waals surface area (Å²) >= 11 is 0. The van der Waals surface area contributed by atoms with Gasteiger partial charge in [-0.3, -0.25) is 4.79 Å². The van der Waals surface area contributed by atoms with Crippen LogP contribution in [0, 0.1) is 11.8 Å². The zero-order valence-corrected chi connectivity index (χ0v) is 11.5. The Bertz CT molecular complexity index is 216. The summed E-state index contributed by atoms with van der Waals surface area (Å²) in [4.78, 5) is 13.1. The molecule has 0 saturated heterocycles. The summed E-state index contributed by atoms with van der Waals surface area (Å²) in [7, 11) is 2.09. The van der Waals surface area contributed by atoms with Gasteiger partial charge in [-0.15, -0.1) is 0 Å². The lowest BCUT2D eigenvalue weighted by Gasteiger charge is -2.32. The lowest BCUT2D eigenvalue weighted by atomic mass is 9.98. The minimum atomic E-state index is -0.697. The Labute approximate surface area is 99.8 Å². The van der Waals surface area contributed by atoms with E-state index in [4.69, 9.17) is 5.11 Å². The first-order valence-corrected chi connectivity index (χ1v) is 6.20. The predicted octanol–water partition coefficient (Wildman–Crippen LogP) is 2.85. The number of hydrogen-bond acceptors (Lipinski definition) is 2. The second-order valence-electron chi connectivity index (χ2n) is 5.47. The Morgan fingerprint density at radius 3 is 1.88 bits per heavy atom. The van der Waals surface area contributed by atoms with Crippen molar-refractivity contribution in [3.05, 3.63) is 0 Å². The van der Waals surface area contributed by atoms with Crippen molar-refractivity contribution in [3.8, 4) is 0 Å². The molecule has 0 aliphatic rings. The quantitative estimate of drug-likeness (QED) is 0.729. The van der Waals surface area contributed by atoms with E-state index in [1.165, 1.54) is 0 Å². The molecule has 0 fully saturated rings. The van der Waals surface area contributed by atoms with Gasteiger partial charge in [0, 0.05) is 12.1 Å². The Morgan fingerprint density at radius 2 is 1.50 bits per heavy atom. The van der Waals surface area contributed by atoms with Crippen LogP contribution in [0.3, 0.4) is 0 Å². The molecule has 3 heteroatoms. The number of carbonyl (C=O) groups is 1. The fourth-order valence-corrected chi connectivity index (χ4v) is 2.06. The number of hydrogen-bond donors (Lipinski definition) is 1. The zero-order chi connectivity index (χ0) is 12.9. The van der Waals surface area contributed by atoms with E-state index in [9.17, 15) is 4.79 Å². The third kappa shape index (κ3) is 5.50. The number of rotatable bonds is 7. The van der Waals surface area contributed by atoms with E-state index in [1.54, 1.807) is 6.92 Å². The van der Waals surface area contributed by atoms with Gasteiger partial charge in [0.2, 0.25) is 0 Å². The van der Waals surface area contributed by atoms with E-state index in [-0.39, 0.29) is 5.92 Å². The molecule has 96 valence electrons. The normalized spacial score (nSPS) is 17.5. The summed E-state index contributed by atoms with van der Waals surface area (Å²) < 4.78 is 0. The standard InChI is InChI=1S/C13H27NO2/c1-9(2)7-11(4)14(6)12(5)8-10(3)13(15)16/h9-12H,7-8H2,1-6H3,(H,15,16). The molecule has 16 heavy (non-hydrogen) atoms. The van der Waals surface area contributed by atoms with Crippen LogP contribution in [0.15, 0.2) is 0 Å². The molecule has 0 aromatic rings. The second-order valence-corrected chi connectivity index (χ2v) is 5.47. The molecule has 1 N–H and O–H groups in total. The highest BCUT2D eigenvalue weighted by Gasteiger charge is 2.21. The van der Waals surface area contributed by atoms with E-state index in [0.717, 1.165) is 6.42 Å². The monoisotopic (exact) mass is 229 g/mol. The van der Waals surface area contributed by atoms with Crippen LogP contribution < -0.4 is 0 Å². The predicted molar refractivity (Wildman–Crippen MR) is 67.6 cm³/mol. The maximum atomic E-state index is 10.8. The number of carboxylic acids is 1. The fraction of sp³-hybridized carbons (Fsp3) is 0.923. The Kier molecular flexibility index (Phi) is 6.65. The third-order valence-electron chi connectivity index (χ3n) is 3.32. The molecule has 0 radical (unpaired) electrons. The first-order chi connectivity index (χ1) is 7.25. The van der Waals surface area contributed by atoms with E-state index in [1.807, 2.05) is 0 Å². The molecular weight excluding hydrogens is 202 g/mol. The summed E-state index contributed by atoms with van der Waals surface area (Å²) in [6.07, 6.45) is 1.87. The van der Waals surface area contributed by atoms with Gasteiger partial charge in [0.15, 0.2) is 0 Å². The largest absolute Gasteiger partial charge is 0.481 e. The van der Waals surface area contributed by atoms with Crippen molar-refractivity contribution in [1.82, 2.24) is 4.90 Å². The molecule has 0 bridgehead atoms. The molecular formula is C13H27NO2. The molecule has 0 saturated carbocycles. The lowest BCUT2D eigenvalue weighted by molar-refractivity contribution is -0.141. The summed E-state index contributed by atoms with van der Waals surface area (Å²) in [6.45, 7) is 10.5. The van der Waals surface area contributed by atoms with Crippen molar-refractivity contribution in [3.63, 3.8) is 0 Å². The van der Waals surface area contributed by atoms with Crippen LogP contribution in [-0.2, 0) is 4.79 Å². The number of nitrogens with zero attached hydrogens (tertiary/aromatic N) is 1. The van der Waals surface area contributed by atoms with E-state index >= 15 is 0 Å². The maximum Gasteiger partial charge on any atom is 0.306 e. The summed E-state index contributed by atoms with van der Waals surface area (Å²) in [5, 5.41) is 8.88. The van der Waals surface area contributed by atoms with Gasteiger partial charge >= 0.3 is 5.97 Å². The molecule has 0 aromatic carbocycles. The molecule has 0 aliphatic carbocycles. The molecule has 3 atom stereocenters. The highest BCUT2D eigenvalue weighted by atomic mass is 16.4. The van der Waals surface area contributed by atoms with Crippen molar-refractivity contribution in [2.45, 2.75) is 59.5 Å². The van der Waals surface area contributed by atoms with Crippen molar-refractivity contribution >= 4 is 5.97 Å². The molecule has 3 unspecified atom stereocenters. The van der Waals surface area contributed by atoms with E-state index in [2.05, 4.69) is 39.6 Å². The lowest BCUT2D eigenvalue weighted by Crippen LogP contribution is -2.39. The molecule has 0 aliphatic heterocycles. The molecule has 0 heterocycles. The topological polar surface area (TPSA) is 40.5 Å². The van der Waals surface area contributed by atoms with E-state index in [0.29, 0.717) is 24.4 Å². The molecule has 0 spiro atoms. The third-order valence-corrected chi connectivity index (χ3v) is 3.32. The van der Waals surface area contributed by atoms with Crippen LogP contribution in [0.5, 0.6) is 0 Å². The summed E-state index contributed by atoms with van der Waals surface area (Å²) in [5.74, 6) is -0.276. The highest BCUT2D eigenvalue weighted by molar-refractivity contribution is 5.69. The van der Waals surface area contributed by atoms with Crippen molar-refractivity contribution < 1.29 is 9.90 Å². The fourth-order valence-electron chi connectivity index (χ4n) is 2.06. The Morgan fingerprint density at radius 1 is 1.06 bits per heavy atom. The van der Waals surface area contributed by atoms with Crippen LogP contribution in [0.1, 0.15) is 47.5 Å². The zero-order valence-electron chi connectivity index (χ0n) is 11.5. The second kappa shape index (κ2) is 6.89. The number of carboxylic acid groups (broad SMARTS) is 1. The van der Waals surface area contributed by atoms with Crippen molar-refractivity contribution in [1.29, 1.82) is 0 Å². The molecule has 0 amide bonds. The van der Waals surface area contributed by atoms with Gasteiger partial charge in [-0.05, 0) is 39.7 Å². The van der Waals surface area contributed by atoms with Gasteiger partial charge in [0.1, 0.15) is 0 Å². The Balaban J connectivity index is 4.16. The van der Waals surface area contributed by atoms with Crippen LogP contribution in [0.25, 0.3) is 0 Å². The highest BCUT2D eigenvalue weighted by Crippen LogP contribution is 2.17. The van der Waals surface area contributed by atoms with E-state index < -0.39 is 5.97 Å². The molecule has 0 rings (SSSR count). The SMILES string of the molecule is CC(C)CC(C)N(C)C(C)CC(C)C(=O)O. The van der Waals surface area contributed by atoms with Gasteiger partial charge in [-0.2, -0.15) is 0 Å². The maximum absolute atomic E-state index is 10.8. The van der Waals surface area contributed by atoms with Crippen LogP contribution in [0.4, 0.5) is 0 Å². The van der Waals surface area contributed by atoms with Crippen molar-refractivity contribution in [2.24, 2.45) is 11.8 Å². The first-order valence-electron chi connectivity index (χ1n) is 6.20. The van der Waals surface area contributed by atoms with Gasteiger partial charge in [0.25, 0.3) is 0 Å². The first kappa shape index (κ1) is 15.4. The smallest absolute Gasteiger partial charge is 0.306 e. The van der Waals surface area contributed by atoms with Gasteiger partial charge in [-0.1, -0.05) is 20.8 Å². The average Bonchev–Trinajstić information content (AvgIpc) is 2.14. The number of aliphatic carboxylic acids is 1. The average molecular weight is 229 g/mol. The Hall–Kier alpha value is -0.570. The van der Waals surface area contributed by atoms with Crippen LogP contribution in [-0.4, -0.2) is 35.1 Å². The van der Waals surface area contributed by atoms with Crippen LogP contribution >= 0.6 is 0 Å². The summed E-state index contributed by atoms with van der Waals surface area (Å²) in [5.41, 5.74) is 0. The van der Waals surface area contributed by atoms with Gasteiger partial charge in [0.05, 0.1) is 5.92 Å². The minimum Gasteiger partial charge on any atom is -0.481 e. The van der Waals surface area contributed by atoms with Crippen LogP contribution in [0.2, 0.25) is 0 Å². The molecule has 3 nitrogen and oxygen atoms in total.